The topological polar surface area (TPSA) is 62.7 Å². The molecule has 2 heterocycles. The van der Waals surface area contributed by atoms with Crippen LogP contribution in [0.4, 0.5) is 5.69 Å². The van der Waals surface area contributed by atoms with E-state index in [0.717, 1.165) is 35.0 Å². The molecular formula is C23H21ClN4O. The van der Waals surface area contributed by atoms with E-state index in [1.165, 1.54) is 17.5 Å². The van der Waals surface area contributed by atoms with Crippen molar-refractivity contribution in [3.05, 3.63) is 75.8 Å². The first kappa shape index (κ1) is 18.0. The fourth-order valence-corrected chi connectivity index (χ4v) is 3.74. The first-order valence-electron chi connectivity index (χ1n) is 9.81. The van der Waals surface area contributed by atoms with E-state index in [-0.39, 0.29) is 5.56 Å². The van der Waals surface area contributed by atoms with Gasteiger partial charge in [0.2, 0.25) is 0 Å². The molecule has 0 atom stereocenters. The summed E-state index contributed by atoms with van der Waals surface area (Å²) in [5.41, 5.74) is 5.86. The lowest BCUT2D eigenvalue weighted by molar-refractivity contribution is 0.858. The zero-order chi connectivity index (χ0) is 20.0. The Bertz CT molecular complexity index is 1190. The summed E-state index contributed by atoms with van der Waals surface area (Å²) in [6.07, 6.45) is 4.40. The molecule has 2 aliphatic heterocycles. The van der Waals surface area contributed by atoms with Crippen LogP contribution in [0.25, 0.3) is 28.1 Å². The number of nitrogens with one attached hydrogen (secondary N) is 2. The number of nitrogens with zero attached hydrogens (tertiary/aromatic N) is 2. The third kappa shape index (κ3) is 3.42. The molecule has 0 aromatic heterocycles. The van der Waals surface area contributed by atoms with Crippen molar-refractivity contribution < 1.29 is 0 Å². The standard InChI is InChI=1S/C23H21ClN4O/c1-14-21(16-4-8-18(9-5-16)26-12-15-2-3-15)22-20(13-25-14)23(29)28(27-22)19-10-6-17(24)7-11-19/h4-11,13,15,25-26H,2-3,12H2,1H3. The predicted molar refractivity (Wildman–Crippen MR) is 117 cm³/mol. The maximum Gasteiger partial charge on any atom is 0.282 e. The lowest BCUT2D eigenvalue weighted by Crippen LogP contribution is -2.14. The molecular weight excluding hydrogens is 384 g/mol. The van der Waals surface area contributed by atoms with Gasteiger partial charge in [-0.15, -0.1) is 0 Å². The smallest absolute Gasteiger partial charge is 0.282 e. The van der Waals surface area contributed by atoms with E-state index in [1.54, 1.807) is 30.5 Å². The number of halogens is 1. The van der Waals surface area contributed by atoms with E-state index in [2.05, 4.69) is 39.7 Å². The molecule has 2 N–H and O–H groups in total. The normalized spacial score (nSPS) is 13.7. The highest BCUT2D eigenvalue weighted by Gasteiger charge is 2.23. The van der Waals surface area contributed by atoms with E-state index in [1.807, 2.05) is 6.92 Å². The Morgan fingerprint density at radius 1 is 1.14 bits per heavy atom. The molecule has 1 aliphatic carbocycles. The molecule has 2 aromatic rings. The van der Waals surface area contributed by atoms with Gasteiger partial charge in [0.25, 0.3) is 5.56 Å². The molecule has 6 heteroatoms. The molecule has 5 rings (SSSR count). The molecule has 0 unspecified atom stereocenters. The summed E-state index contributed by atoms with van der Waals surface area (Å²) in [4.78, 5) is 16.2. The second-order valence-electron chi connectivity index (χ2n) is 7.65. The van der Waals surface area contributed by atoms with Crippen LogP contribution in [0.15, 0.2) is 59.5 Å². The fourth-order valence-electron chi connectivity index (χ4n) is 3.61. The summed E-state index contributed by atoms with van der Waals surface area (Å²) in [6.45, 7) is 3.03. The molecule has 0 bridgehead atoms. The van der Waals surface area contributed by atoms with Crippen molar-refractivity contribution in [2.45, 2.75) is 19.8 Å². The lowest BCUT2D eigenvalue weighted by atomic mass is 9.98. The number of fused-ring (bicyclic) bond motifs is 1. The zero-order valence-electron chi connectivity index (χ0n) is 16.1. The number of pyridine rings is 1. The number of anilines is 1. The Morgan fingerprint density at radius 2 is 1.86 bits per heavy atom. The number of aromatic amines is 1. The van der Waals surface area contributed by atoms with Gasteiger partial charge in [0.1, 0.15) is 5.69 Å². The number of benzene rings is 2. The van der Waals surface area contributed by atoms with E-state index < -0.39 is 0 Å². The number of H-pyrrole nitrogens is 1. The van der Waals surface area contributed by atoms with Crippen molar-refractivity contribution in [1.82, 2.24) is 14.8 Å². The van der Waals surface area contributed by atoms with Gasteiger partial charge in [0.15, 0.2) is 0 Å². The molecule has 1 fully saturated rings. The van der Waals surface area contributed by atoms with Crippen molar-refractivity contribution >= 4 is 17.3 Å². The zero-order valence-corrected chi connectivity index (χ0v) is 16.8. The third-order valence-corrected chi connectivity index (χ3v) is 5.71. The monoisotopic (exact) mass is 404 g/mol. The van der Waals surface area contributed by atoms with E-state index in [0.29, 0.717) is 22.0 Å². The second kappa shape index (κ2) is 7.08. The number of rotatable bonds is 5. The van der Waals surface area contributed by atoms with Gasteiger partial charge >= 0.3 is 0 Å². The lowest BCUT2D eigenvalue weighted by Gasteiger charge is -2.11. The third-order valence-electron chi connectivity index (χ3n) is 5.46. The number of aromatic nitrogens is 3. The summed E-state index contributed by atoms with van der Waals surface area (Å²) >= 11 is 5.98. The van der Waals surface area contributed by atoms with Crippen molar-refractivity contribution in [1.29, 1.82) is 0 Å². The molecule has 146 valence electrons. The Hall–Kier alpha value is -3.05. The molecule has 0 spiro atoms. The maximum absolute atomic E-state index is 13.0. The van der Waals surface area contributed by atoms with Crippen molar-refractivity contribution in [3.63, 3.8) is 0 Å². The minimum absolute atomic E-state index is 0.150. The van der Waals surface area contributed by atoms with E-state index in [4.69, 9.17) is 11.6 Å². The Kier molecular flexibility index (Phi) is 4.40. The Labute approximate surface area is 173 Å². The average molecular weight is 405 g/mol. The second-order valence-corrected chi connectivity index (χ2v) is 8.08. The minimum Gasteiger partial charge on any atom is -0.385 e. The van der Waals surface area contributed by atoms with E-state index in [9.17, 15) is 4.79 Å². The summed E-state index contributed by atoms with van der Waals surface area (Å²) in [5.74, 6) is 0.826. The van der Waals surface area contributed by atoms with Gasteiger partial charge in [-0.25, -0.2) is 0 Å². The predicted octanol–water partition coefficient (Wildman–Crippen LogP) is 5.12. The van der Waals surface area contributed by atoms with Gasteiger partial charge in [0, 0.05) is 34.7 Å². The van der Waals surface area contributed by atoms with Crippen LogP contribution in [-0.4, -0.2) is 21.3 Å². The number of aryl methyl sites for hydroxylation is 1. The van der Waals surface area contributed by atoms with Crippen LogP contribution in [0.1, 0.15) is 18.5 Å². The molecule has 5 nitrogen and oxygen atoms in total. The van der Waals surface area contributed by atoms with Crippen LogP contribution in [0.5, 0.6) is 0 Å². The summed E-state index contributed by atoms with van der Waals surface area (Å²) in [7, 11) is 0. The summed E-state index contributed by atoms with van der Waals surface area (Å²) in [5, 5.41) is 8.78. The van der Waals surface area contributed by atoms with Crippen LogP contribution in [-0.2, 0) is 0 Å². The fraction of sp³-hybridized carbons (Fsp3) is 0.217. The molecule has 0 radical (unpaired) electrons. The highest BCUT2D eigenvalue weighted by atomic mass is 35.5. The van der Waals surface area contributed by atoms with Gasteiger partial charge in [-0.1, -0.05) is 23.7 Å². The first-order chi connectivity index (χ1) is 14.1. The largest absolute Gasteiger partial charge is 0.385 e. The summed E-state index contributed by atoms with van der Waals surface area (Å²) in [6, 6.07) is 15.4. The average Bonchev–Trinajstić information content (AvgIpc) is 3.50. The van der Waals surface area contributed by atoms with Crippen LogP contribution in [0, 0.1) is 12.8 Å². The molecule has 1 saturated carbocycles. The van der Waals surface area contributed by atoms with Crippen LogP contribution in [0.2, 0.25) is 5.02 Å². The van der Waals surface area contributed by atoms with Crippen molar-refractivity contribution in [2.24, 2.45) is 5.92 Å². The molecule has 0 saturated heterocycles. The van der Waals surface area contributed by atoms with Gasteiger partial charge in [-0.2, -0.15) is 9.78 Å². The van der Waals surface area contributed by atoms with E-state index >= 15 is 0 Å². The quantitative estimate of drug-likeness (QED) is 0.485. The van der Waals surface area contributed by atoms with Crippen LogP contribution >= 0.6 is 11.6 Å². The Balaban J connectivity index is 1.56. The number of hydrogen-bond acceptors (Lipinski definition) is 3. The first-order valence-corrected chi connectivity index (χ1v) is 10.2. The minimum atomic E-state index is -0.150. The highest BCUT2D eigenvalue weighted by molar-refractivity contribution is 6.30. The SMILES string of the molecule is Cc1[nH]cc2c(=O)n(-c3ccc(Cl)cc3)nc-2c1-c1ccc(NCC2CC2)cc1. The number of hydrogen-bond donors (Lipinski definition) is 2. The Morgan fingerprint density at radius 3 is 2.55 bits per heavy atom. The van der Waals surface area contributed by atoms with Gasteiger partial charge < -0.3 is 10.3 Å². The highest BCUT2D eigenvalue weighted by Crippen LogP contribution is 2.34. The van der Waals surface area contributed by atoms with Gasteiger partial charge in [-0.05, 0) is 67.6 Å². The van der Waals surface area contributed by atoms with Crippen LogP contribution in [0.3, 0.4) is 0 Å². The van der Waals surface area contributed by atoms with Gasteiger partial charge in [-0.3, -0.25) is 4.79 Å². The maximum atomic E-state index is 13.0. The van der Waals surface area contributed by atoms with Crippen molar-refractivity contribution in [3.8, 4) is 28.1 Å². The van der Waals surface area contributed by atoms with Crippen LogP contribution < -0.4 is 10.9 Å². The molecule has 0 amide bonds. The van der Waals surface area contributed by atoms with Gasteiger partial charge in [0.05, 0.1) is 11.3 Å². The molecule has 29 heavy (non-hydrogen) atoms. The summed E-state index contributed by atoms with van der Waals surface area (Å²) < 4.78 is 1.43. The molecule has 2 aromatic carbocycles. The molecule has 3 aliphatic rings. The van der Waals surface area contributed by atoms with Crippen molar-refractivity contribution in [2.75, 3.05) is 11.9 Å².